The number of sulfonamides is 1. The summed E-state index contributed by atoms with van der Waals surface area (Å²) in [5.74, 6) is -0.141. The molecule has 0 spiro atoms. The van der Waals surface area contributed by atoms with Gasteiger partial charge in [0.2, 0.25) is 5.91 Å². The topological polar surface area (TPSA) is 73.8 Å². The van der Waals surface area contributed by atoms with Crippen LogP contribution in [-0.2, 0) is 21.0 Å². The summed E-state index contributed by atoms with van der Waals surface area (Å²) in [5, 5.41) is 1.52. The molecule has 7 nitrogen and oxygen atoms in total. The van der Waals surface area contributed by atoms with E-state index < -0.39 is 21.8 Å². The smallest absolute Gasteiger partial charge is 0.352 e. The van der Waals surface area contributed by atoms with Crippen LogP contribution >= 0.6 is 22.9 Å². The van der Waals surface area contributed by atoms with Crippen LogP contribution in [0.1, 0.15) is 5.56 Å². The summed E-state index contributed by atoms with van der Waals surface area (Å²) in [6.07, 6.45) is -3.81. The minimum absolute atomic E-state index is 0.119. The van der Waals surface area contributed by atoms with Crippen LogP contribution in [0.4, 0.5) is 19.0 Å². The van der Waals surface area contributed by atoms with Crippen LogP contribution in [0, 0.1) is 0 Å². The largest absolute Gasteiger partial charge is 0.417 e. The second-order valence-electron chi connectivity index (χ2n) is 6.59. The predicted molar refractivity (Wildman–Crippen MR) is 107 cm³/mol. The van der Waals surface area contributed by atoms with Crippen molar-refractivity contribution < 1.29 is 26.4 Å². The molecular weight excluding hydrogens is 465 g/mol. The third-order valence-corrected chi connectivity index (χ3v) is 8.05. The normalized spacial score (nSPS) is 15.7. The summed E-state index contributed by atoms with van der Waals surface area (Å²) in [6, 6.07) is 3.92. The molecule has 2 aromatic rings. The summed E-state index contributed by atoms with van der Waals surface area (Å²) >= 11 is 7.05. The maximum atomic E-state index is 12.8. The number of aromatic nitrogens is 1. The second kappa shape index (κ2) is 8.69. The van der Waals surface area contributed by atoms with E-state index in [-0.39, 0.29) is 40.6 Å². The van der Waals surface area contributed by atoms with Gasteiger partial charge in [0.05, 0.1) is 17.1 Å². The maximum absolute atomic E-state index is 12.8. The number of rotatable bonds is 5. The van der Waals surface area contributed by atoms with Crippen LogP contribution in [0.15, 0.2) is 34.0 Å². The molecule has 1 aliphatic rings. The Hall–Kier alpha value is -1.89. The van der Waals surface area contributed by atoms with Crippen molar-refractivity contribution in [3.63, 3.8) is 0 Å². The molecule has 1 saturated heterocycles. The standard InChI is InChI=1S/C17H18ClF3N4O3S2/c1-23(30(27,28)15-3-2-8-29-15)11-14(26)24-4-6-25(7-5-24)16-13(18)9-12(10-22-16)17(19,20)21/h2-3,8-10H,4-7,11H2,1H3. The lowest BCUT2D eigenvalue weighted by Crippen LogP contribution is -2.51. The van der Waals surface area contributed by atoms with E-state index >= 15 is 0 Å². The Morgan fingerprint density at radius 1 is 1.30 bits per heavy atom. The number of nitrogens with zero attached hydrogens (tertiary/aromatic N) is 4. The van der Waals surface area contributed by atoms with E-state index in [1.165, 1.54) is 18.0 Å². The number of thiophene rings is 1. The summed E-state index contributed by atoms with van der Waals surface area (Å²) in [4.78, 5) is 19.6. The highest BCUT2D eigenvalue weighted by molar-refractivity contribution is 7.91. The Kier molecular flexibility index (Phi) is 6.60. The molecule has 164 valence electrons. The van der Waals surface area contributed by atoms with Crippen molar-refractivity contribution in [2.45, 2.75) is 10.4 Å². The minimum atomic E-state index is -4.53. The zero-order chi connectivity index (χ0) is 22.1. The van der Waals surface area contributed by atoms with Gasteiger partial charge in [0.1, 0.15) is 10.0 Å². The highest BCUT2D eigenvalue weighted by Crippen LogP contribution is 2.33. The first-order chi connectivity index (χ1) is 14.0. The van der Waals surface area contributed by atoms with Crippen molar-refractivity contribution in [2.75, 3.05) is 44.7 Å². The van der Waals surface area contributed by atoms with Crippen molar-refractivity contribution in [2.24, 2.45) is 0 Å². The van der Waals surface area contributed by atoms with Gasteiger partial charge < -0.3 is 9.80 Å². The molecule has 3 rings (SSSR count). The van der Waals surface area contributed by atoms with E-state index in [2.05, 4.69) is 4.98 Å². The molecule has 0 unspecified atom stereocenters. The lowest BCUT2D eigenvalue weighted by Gasteiger charge is -2.36. The van der Waals surface area contributed by atoms with Crippen LogP contribution in [0.25, 0.3) is 0 Å². The summed E-state index contributed by atoms with van der Waals surface area (Å²) < 4.78 is 64.3. The quantitative estimate of drug-likeness (QED) is 0.655. The lowest BCUT2D eigenvalue weighted by molar-refractivity contribution is -0.137. The van der Waals surface area contributed by atoms with Crippen molar-refractivity contribution in [1.82, 2.24) is 14.2 Å². The number of halogens is 4. The molecule has 1 fully saturated rings. The Bertz CT molecular complexity index is 1010. The van der Waals surface area contributed by atoms with Gasteiger partial charge in [0.25, 0.3) is 10.0 Å². The zero-order valence-electron chi connectivity index (χ0n) is 15.8. The Balaban J connectivity index is 1.60. The maximum Gasteiger partial charge on any atom is 0.417 e. The van der Waals surface area contributed by atoms with Crippen molar-refractivity contribution >= 4 is 44.7 Å². The van der Waals surface area contributed by atoms with Crippen molar-refractivity contribution in [3.8, 4) is 0 Å². The molecule has 0 radical (unpaired) electrons. The number of anilines is 1. The van der Waals surface area contributed by atoms with E-state index in [4.69, 9.17) is 11.6 Å². The number of amides is 1. The fourth-order valence-corrected chi connectivity index (χ4v) is 5.53. The van der Waals surface area contributed by atoms with Gasteiger partial charge in [0, 0.05) is 39.4 Å². The van der Waals surface area contributed by atoms with Crippen LogP contribution in [0.5, 0.6) is 0 Å². The molecule has 0 N–H and O–H groups in total. The molecule has 1 aliphatic heterocycles. The number of hydrogen-bond acceptors (Lipinski definition) is 6. The minimum Gasteiger partial charge on any atom is -0.352 e. The average Bonchev–Trinajstić information content (AvgIpc) is 3.23. The molecule has 3 heterocycles. The van der Waals surface area contributed by atoms with Gasteiger partial charge in [-0.3, -0.25) is 4.79 Å². The summed E-state index contributed by atoms with van der Waals surface area (Å²) in [5.41, 5.74) is -0.931. The number of alkyl halides is 3. The van der Waals surface area contributed by atoms with E-state index in [1.54, 1.807) is 16.3 Å². The van der Waals surface area contributed by atoms with Crippen molar-refractivity contribution in [3.05, 3.63) is 40.4 Å². The average molecular weight is 483 g/mol. The van der Waals surface area contributed by atoms with Crippen LogP contribution in [0.3, 0.4) is 0 Å². The van der Waals surface area contributed by atoms with Gasteiger partial charge in [-0.15, -0.1) is 11.3 Å². The fourth-order valence-electron chi connectivity index (χ4n) is 2.93. The number of piperazine rings is 1. The van der Waals surface area contributed by atoms with E-state index in [1.807, 2.05) is 0 Å². The number of likely N-dealkylation sites (N-methyl/N-ethyl adjacent to an activating group) is 1. The summed E-state index contributed by atoms with van der Waals surface area (Å²) in [7, 11) is -2.39. The first kappa shape index (κ1) is 22.8. The highest BCUT2D eigenvalue weighted by Gasteiger charge is 2.33. The van der Waals surface area contributed by atoms with E-state index in [0.717, 1.165) is 27.9 Å². The van der Waals surface area contributed by atoms with E-state index in [0.29, 0.717) is 13.1 Å². The second-order valence-corrected chi connectivity index (χ2v) is 10.2. The number of carbonyl (C=O) groups is 1. The molecule has 0 atom stereocenters. The monoisotopic (exact) mass is 482 g/mol. The molecule has 13 heteroatoms. The summed E-state index contributed by atoms with van der Waals surface area (Å²) in [6.45, 7) is 0.853. The van der Waals surface area contributed by atoms with Crippen LogP contribution < -0.4 is 4.90 Å². The molecule has 2 aromatic heterocycles. The van der Waals surface area contributed by atoms with Gasteiger partial charge in [-0.1, -0.05) is 17.7 Å². The van der Waals surface area contributed by atoms with Gasteiger partial charge in [0.15, 0.2) is 0 Å². The third-order valence-electron chi connectivity index (χ3n) is 4.60. The fraction of sp³-hybridized carbons (Fsp3) is 0.412. The Morgan fingerprint density at radius 3 is 2.50 bits per heavy atom. The molecule has 0 saturated carbocycles. The van der Waals surface area contributed by atoms with Crippen LogP contribution in [-0.4, -0.2) is 68.3 Å². The molecule has 0 aliphatic carbocycles. The molecule has 30 heavy (non-hydrogen) atoms. The first-order valence-electron chi connectivity index (χ1n) is 8.75. The molecule has 0 bridgehead atoms. The zero-order valence-corrected chi connectivity index (χ0v) is 18.2. The number of pyridine rings is 1. The predicted octanol–water partition coefficient (Wildman–Crippen LogP) is 2.78. The number of carbonyl (C=O) groups excluding carboxylic acids is 1. The Labute approximate surface area is 180 Å². The van der Waals surface area contributed by atoms with Gasteiger partial charge in [-0.05, 0) is 17.5 Å². The first-order valence-corrected chi connectivity index (χ1v) is 11.4. The highest BCUT2D eigenvalue weighted by atomic mass is 35.5. The number of hydrogen-bond donors (Lipinski definition) is 0. The van der Waals surface area contributed by atoms with Crippen molar-refractivity contribution in [1.29, 1.82) is 0 Å². The van der Waals surface area contributed by atoms with Gasteiger partial charge in [-0.2, -0.15) is 17.5 Å². The molecule has 1 amide bonds. The molecule has 0 aromatic carbocycles. The van der Waals surface area contributed by atoms with Gasteiger partial charge >= 0.3 is 6.18 Å². The Morgan fingerprint density at radius 2 is 1.97 bits per heavy atom. The van der Waals surface area contributed by atoms with E-state index in [9.17, 15) is 26.4 Å². The third kappa shape index (κ3) is 4.88. The lowest BCUT2D eigenvalue weighted by atomic mass is 10.2. The molecular formula is C17H18ClF3N4O3S2. The SMILES string of the molecule is CN(CC(=O)N1CCN(c2ncc(C(F)(F)F)cc2Cl)CC1)S(=O)(=O)c1cccs1. The van der Waals surface area contributed by atoms with Crippen LogP contribution in [0.2, 0.25) is 5.02 Å². The van der Waals surface area contributed by atoms with Gasteiger partial charge in [-0.25, -0.2) is 13.4 Å².